The molecular weight excluding hydrogens is 380 g/mol. The fourth-order valence-electron chi connectivity index (χ4n) is 2.58. The van der Waals surface area contributed by atoms with Crippen LogP contribution in [0.5, 0.6) is 11.5 Å². The molecule has 1 aliphatic rings. The van der Waals surface area contributed by atoms with Crippen molar-refractivity contribution in [3.63, 3.8) is 0 Å². The summed E-state index contributed by atoms with van der Waals surface area (Å²) in [5, 5.41) is 0. The van der Waals surface area contributed by atoms with Gasteiger partial charge in [-0.05, 0) is 43.3 Å². The van der Waals surface area contributed by atoms with Crippen molar-refractivity contribution in [2.45, 2.75) is 25.6 Å². The maximum absolute atomic E-state index is 12.7. The zero-order valence-corrected chi connectivity index (χ0v) is 13.6. The number of hydrogen-bond acceptors (Lipinski definition) is 3. The lowest BCUT2D eigenvalue weighted by atomic mass is 10.1. The second-order valence-corrected chi connectivity index (χ2v) is 5.66. The zero-order chi connectivity index (χ0) is 20.0. The monoisotopic (exact) mass is 391 g/mol. The summed E-state index contributed by atoms with van der Waals surface area (Å²) in [6.07, 6.45) is -10.5. The van der Waals surface area contributed by atoms with E-state index in [1.165, 1.54) is 13.0 Å². The molecule has 0 radical (unpaired) electrons. The number of carbonyl (C=O) groups is 1. The molecule has 0 aromatic heterocycles. The number of nitrogens with zero attached hydrogens (tertiary/aromatic N) is 1. The van der Waals surface area contributed by atoms with Crippen LogP contribution in [0.25, 0.3) is 0 Å². The number of alkyl halides is 6. The number of hydrogen-bond donors (Lipinski definition) is 0. The van der Waals surface area contributed by atoms with Crippen molar-refractivity contribution in [2.75, 3.05) is 4.90 Å². The van der Waals surface area contributed by atoms with Crippen LogP contribution in [0.4, 0.5) is 37.7 Å². The summed E-state index contributed by atoms with van der Waals surface area (Å²) in [7, 11) is 0. The number of amides is 1. The zero-order valence-electron chi connectivity index (χ0n) is 13.6. The van der Waals surface area contributed by atoms with Crippen LogP contribution in [0.1, 0.15) is 12.5 Å². The van der Waals surface area contributed by atoms with Gasteiger partial charge in [0.15, 0.2) is 6.10 Å². The van der Waals surface area contributed by atoms with Gasteiger partial charge in [-0.2, -0.15) is 13.2 Å². The van der Waals surface area contributed by atoms with Crippen molar-refractivity contribution >= 4 is 17.3 Å². The number of rotatable bonds is 2. The minimum atomic E-state index is -4.94. The highest BCUT2D eigenvalue weighted by atomic mass is 19.4. The maximum Gasteiger partial charge on any atom is 0.573 e. The minimum absolute atomic E-state index is 0.0496. The molecule has 10 heteroatoms. The Bertz CT molecular complexity index is 860. The molecule has 2 aromatic carbocycles. The molecule has 4 nitrogen and oxygen atoms in total. The molecule has 2 aromatic rings. The molecule has 0 bridgehead atoms. The van der Waals surface area contributed by atoms with Crippen LogP contribution in [-0.4, -0.2) is 18.4 Å². The summed E-state index contributed by atoms with van der Waals surface area (Å²) >= 11 is 0. The molecule has 0 aliphatic carbocycles. The number of halogens is 6. The molecule has 1 unspecified atom stereocenters. The number of carbonyl (C=O) groups excluding carboxylic acids is 1. The predicted molar refractivity (Wildman–Crippen MR) is 81.8 cm³/mol. The van der Waals surface area contributed by atoms with Crippen LogP contribution in [0.3, 0.4) is 0 Å². The number of anilines is 2. The lowest BCUT2D eigenvalue weighted by Crippen LogP contribution is -2.41. The molecule has 0 spiro atoms. The van der Waals surface area contributed by atoms with Gasteiger partial charge in [-0.15, -0.1) is 13.2 Å². The minimum Gasteiger partial charge on any atom is -0.479 e. The van der Waals surface area contributed by atoms with Crippen molar-refractivity contribution in [3.05, 3.63) is 48.0 Å². The molecule has 1 heterocycles. The van der Waals surface area contributed by atoms with Gasteiger partial charge in [0.05, 0.1) is 11.3 Å². The molecule has 0 fully saturated rings. The van der Waals surface area contributed by atoms with Gasteiger partial charge in [0.1, 0.15) is 11.5 Å². The van der Waals surface area contributed by atoms with Gasteiger partial charge in [0.25, 0.3) is 5.91 Å². The number of benzene rings is 2. The van der Waals surface area contributed by atoms with E-state index < -0.39 is 35.9 Å². The predicted octanol–water partition coefficient (Wildman–Crippen LogP) is 5.05. The van der Waals surface area contributed by atoms with Crippen LogP contribution in [0.15, 0.2) is 42.5 Å². The van der Waals surface area contributed by atoms with Crippen molar-refractivity contribution in [2.24, 2.45) is 0 Å². The Labute approximate surface area is 148 Å². The summed E-state index contributed by atoms with van der Waals surface area (Å²) in [6.45, 7) is 1.42. The first-order chi connectivity index (χ1) is 12.5. The van der Waals surface area contributed by atoms with E-state index in [0.717, 1.165) is 41.3 Å². The topological polar surface area (TPSA) is 38.8 Å². The fraction of sp³-hybridized carbons (Fsp3) is 0.235. The van der Waals surface area contributed by atoms with Crippen LogP contribution in [0, 0.1) is 0 Å². The Hall–Kier alpha value is -2.91. The average molecular weight is 391 g/mol. The van der Waals surface area contributed by atoms with Gasteiger partial charge < -0.3 is 9.47 Å². The van der Waals surface area contributed by atoms with Crippen LogP contribution in [0.2, 0.25) is 0 Å². The summed E-state index contributed by atoms with van der Waals surface area (Å²) in [4.78, 5) is 13.5. The summed E-state index contributed by atoms with van der Waals surface area (Å²) < 4.78 is 84.7. The number of ether oxygens (including phenoxy) is 2. The van der Waals surface area contributed by atoms with Crippen molar-refractivity contribution < 1.29 is 40.6 Å². The highest BCUT2D eigenvalue weighted by Gasteiger charge is 2.36. The first-order valence-electron chi connectivity index (χ1n) is 7.53. The lowest BCUT2D eigenvalue weighted by molar-refractivity contribution is -0.274. The molecular formula is C17H11F6NO3. The van der Waals surface area contributed by atoms with E-state index in [2.05, 4.69) is 4.74 Å². The molecule has 3 rings (SSSR count). The Morgan fingerprint density at radius 3 is 2.19 bits per heavy atom. The van der Waals surface area contributed by atoms with Crippen LogP contribution in [-0.2, 0) is 11.0 Å². The first kappa shape index (κ1) is 18.9. The molecule has 0 saturated carbocycles. The van der Waals surface area contributed by atoms with Crippen molar-refractivity contribution in [1.82, 2.24) is 0 Å². The van der Waals surface area contributed by atoms with Gasteiger partial charge in [-0.25, -0.2) is 0 Å². The summed E-state index contributed by atoms with van der Waals surface area (Å²) in [5.41, 5.74) is -0.942. The third-order valence-corrected chi connectivity index (χ3v) is 3.73. The van der Waals surface area contributed by atoms with Gasteiger partial charge in [-0.3, -0.25) is 9.69 Å². The van der Waals surface area contributed by atoms with E-state index in [-0.39, 0.29) is 17.1 Å². The molecule has 144 valence electrons. The van der Waals surface area contributed by atoms with E-state index in [9.17, 15) is 31.1 Å². The van der Waals surface area contributed by atoms with Crippen molar-refractivity contribution in [3.8, 4) is 11.5 Å². The quantitative estimate of drug-likeness (QED) is 0.673. The van der Waals surface area contributed by atoms with Gasteiger partial charge >= 0.3 is 12.5 Å². The molecule has 0 N–H and O–H groups in total. The van der Waals surface area contributed by atoms with E-state index >= 15 is 0 Å². The maximum atomic E-state index is 12.7. The highest BCUT2D eigenvalue weighted by molar-refractivity contribution is 6.06. The molecule has 1 atom stereocenters. The molecule has 27 heavy (non-hydrogen) atoms. The van der Waals surface area contributed by atoms with Gasteiger partial charge in [0.2, 0.25) is 0 Å². The number of fused-ring (bicyclic) bond motifs is 1. The standard InChI is InChI=1S/C17H11F6NO3/c1-9-15(25)24(11-4-2-10(3-5-11)16(18,19)20)13-8-12(27-17(21,22)23)6-7-14(13)26-9/h2-9H,1H3. The first-order valence-corrected chi connectivity index (χ1v) is 7.53. The van der Waals surface area contributed by atoms with E-state index in [4.69, 9.17) is 4.74 Å². The summed E-state index contributed by atoms with van der Waals surface area (Å²) in [6, 6.07) is 6.80. The van der Waals surface area contributed by atoms with Crippen LogP contribution < -0.4 is 14.4 Å². The third-order valence-electron chi connectivity index (χ3n) is 3.73. The van der Waals surface area contributed by atoms with Crippen molar-refractivity contribution in [1.29, 1.82) is 0 Å². The van der Waals surface area contributed by atoms with Gasteiger partial charge in [-0.1, -0.05) is 0 Å². The fourth-order valence-corrected chi connectivity index (χ4v) is 2.58. The lowest BCUT2D eigenvalue weighted by Gasteiger charge is -2.33. The Morgan fingerprint density at radius 2 is 1.63 bits per heavy atom. The average Bonchev–Trinajstić information content (AvgIpc) is 2.54. The Kier molecular flexibility index (Phi) is 4.44. The van der Waals surface area contributed by atoms with E-state index in [0.29, 0.717) is 0 Å². The second kappa shape index (κ2) is 6.36. The molecule has 1 aliphatic heterocycles. The Morgan fingerprint density at radius 1 is 1.00 bits per heavy atom. The SMILES string of the molecule is CC1Oc2ccc(OC(F)(F)F)cc2N(c2ccc(C(F)(F)F)cc2)C1=O. The smallest absolute Gasteiger partial charge is 0.479 e. The van der Waals surface area contributed by atoms with Gasteiger partial charge in [0, 0.05) is 11.8 Å². The normalized spacial score (nSPS) is 17.4. The Balaban J connectivity index is 2.05. The van der Waals surface area contributed by atoms with E-state index in [1.54, 1.807) is 0 Å². The van der Waals surface area contributed by atoms with Crippen LogP contribution >= 0.6 is 0 Å². The molecule has 1 amide bonds. The third kappa shape index (κ3) is 3.93. The highest BCUT2D eigenvalue weighted by Crippen LogP contribution is 2.42. The summed E-state index contributed by atoms with van der Waals surface area (Å²) in [5.74, 6) is -1.15. The second-order valence-electron chi connectivity index (χ2n) is 5.66. The van der Waals surface area contributed by atoms with E-state index in [1.807, 2.05) is 0 Å². The largest absolute Gasteiger partial charge is 0.573 e. The molecule has 0 saturated heterocycles.